The lowest BCUT2D eigenvalue weighted by molar-refractivity contribution is 0.531. The van der Waals surface area contributed by atoms with E-state index in [1.807, 2.05) is 11.0 Å². The molecule has 7 heavy (non-hydrogen) atoms. The Morgan fingerprint density at radius 2 is 2.71 bits per heavy atom. The Hall–Kier alpha value is -0.720. The lowest BCUT2D eigenvalue weighted by Gasteiger charge is -2.03. The summed E-state index contributed by atoms with van der Waals surface area (Å²) in [5.74, 6) is 0. The zero-order valence-electron chi connectivity index (χ0n) is 4.09. The topological polar surface area (TPSA) is 3.24 Å². The molecular weight excluding hydrogens is 86.1 g/mol. The fourth-order valence-electron chi connectivity index (χ4n) is 0.568. The monoisotopic (exact) mass is 93.1 g/mol. The highest BCUT2D eigenvalue weighted by atomic mass is 15.1. The number of nitrogens with zero attached hydrogens (tertiary/aromatic N) is 1. The van der Waals surface area contributed by atoms with Crippen molar-refractivity contribution in [2.24, 2.45) is 0 Å². The molecule has 0 saturated heterocycles. The summed E-state index contributed by atoms with van der Waals surface area (Å²) in [4.78, 5) is 1.83. The van der Waals surface area contributed by atoms with Crippen LogP contribution in [0.5, 0.6) is 0 Å². The average molecular weight is 93.1 g/mol. The van der Waals surface area contributed by atoms with Gasteiger partial charge in [0.1, 0.15) is 0 Å². The zero-order chi connectivity index (χ0) is 5.11. The molecule has 0 amide bonds. The van der Waals surface area contributed by atoms with E-state index < -0.39 is 0 Å². The first-order valence-corrected chi connectivity index (χ1v) is 2.33. The van der Waals surface area contributed by atoms with Crippen LogP contribution in [0.4, 0.5) is 0 Å². The quantitative estimate of drug-likeness (QED) is 0.466. The highest BCUT2D eigenvalue weighted by Gasteiger charge is 1.96. The van der Waals surface area contributed by atoms with E-state index in [2.05, 4.69) is 6.20 Å². The molecule has 0 aromatic rings. The lowest BCUT2D eigenvalue weighted by atomic mass is 10.5. The third-order valence-corrected chi connectivity index (χ3v) is 0.951. The van der Waals surface area contributed by atoms with Gasteiger partial charge in [-0.05, 0) is 13.0 Å². The molecule has 0 N–H and O–H groups in total. The van der Waals surface area contributed by atoms with Gasteiger partial charge in [0, 0.05) is 12.7 Å². The molecule has 0 saturated carbocycles. The van der Waals surface area contributed by atoms with Crippen molar-refractivity contribution in [2.45, 2.75) is 6.42 Å². The molecule has 1 heteroatoms. The molecule has 1 nitrogen and oxygen atoms in total. The van der Waals surface area contributed by atoms with Crippen LogP contribution >= 0.6 is 0 Å². The van der Waals surface area contributed by atoms with E-state index >= 15 is 0 Å². The highest BCUT2D eigenvalue weighted by molar-refractivity contribution is 4.88. The molecule has 0 unspecified atom stereocenters. The van der Waals surface area contributed by atoms with Crippen molar-refractivity contribution < 1.29 is 0 Å². The number of hydrogen-bond acceptors (Lipinski definition) is 1. The van der Waals surface area contributed by atoms with Gasteiger partial charge in [0.05, 0.1) is 6.20 Å². The first-order valence-electron chi connectivity index (χ1n) is 2.33. The van der Waals surface area contributed by atoms with E-state index in [-0.39, 0.29) is 0 Å². The molecule has 1 aliphatic heterocycles. The summed E-state index contributed by atoms with van der Waals surface area (Å²) in [6.07, 6.45) is 7.52. The van der Waals surface area contributed by atoms with Crippen LogP contribution in [-0.4, -0.2) is 11.4 Å². The molecule has 0 aromatic heterocycles. The molecule has 0 aliphatic carbocycles. The summed E-state index contributed by atoms with van der Waals surface area (Å²) in [6.45, 7) is 6.15. The zero-order valence-corrected chi connectivity index (χ0v) is 4.09. The molecule has 2 radical (unpaired) electrons. The second-order valence-corrected chi connectivity index (χ2v) is 1.46. The van der Waals surface area contributed by atoms with E-state index in [1.54, 1.807) is 0 Å². The minimum absolute atomic E-state index is 0.997. The Kier molecular flexibility index (Phi) is 1.16. The van der Waals surface area contributed by atoms with Gasteiger partial charge in [-0.15, -0.1) is 0 Å². The molecule has 0 fully saturated rings. The minimum atomic E-state index is 0.997. The number of hydrogen-bond donors (Lipinski definition) is 0. The predicted molar refractivity (Wildman–Crippen MR) is 28.0 cm³/mol. The third-order valence-electron chi connectivity index (χ3n) is 0.951. The van der Waals surface area contributed by atoms with Crippen molar-refractivity contribution in [3.05, 3.63) is 25.1 Å². The van der Waals surface area contributed by atoms with Crippen molar-refractivity contribution in [3.8, 4) is 0 Å². The van der Waals surface area contributed by atoms with Gasteiger partial charge in [0.15, 0.2) is 0 Å². The highest BCUT2D eigenvalue weighted by Crippen LogP contribution is 2.00. The Balaban J connectivity index is 2.42. The molecule has 36 valence electrons. The largest absolute Gasteiger partial charge is 0.346 e. The van der Waals surface area contributed by atoms with Crippen LogP contribution in [0.15, 0.2) is 12.3 Å². The summed E-state index contributed by atoms with van der Waals surface area (Å²) in [6, 6.07) is 0. The van der Waals surface area contributed by atoms with E-state index in [4.69, 9.17) is 6.58 Å². The standard InChI is InChI=1S/C6H7N/c1-2-7-5-3-4-6-7/h1-3H,4,6H2. The van der Waals surface area contributed by atoms with Gasteiger partial charge in [-0.3, -0.25) is 0 Å². The smallest absolute Gasteiger partial charge is 0.0604 e. The normalized spacial score (nSPS) is 18.0. The van der Waals surface area contributed by atoms with Crippen molar-refractivity contribution in [2.75, 3.05) is 6.54 Å². The molecule has 0 atom stereocenters. The summed E-state index contributed by atoms with van der Waals surface area (Å²) in [7, 11) is 0. The van der Waals surface area contributed by atoms with E-state index in [9.17, 15) is 0 Å². The summed E-state index contributed by atoms with van der Waals surface area (Å²) in [5.41, 5.74) is 0. The maximum atomic E-state index is 5.15. The first kappa shape index (κ1) is 4.44. The molecule has 0 bridgehead atoms. The maximum Gasteiger partial charge on any atom is 0.0604 e. The maximum absolute atomic E-state index is 5.15. The van der Waals surface area contributed by atoms with Crippen LogP contribution in [0, 0.1) is 12.8 Å². The van der Waals surface area contributed by atoms with Crippen molar-refractivity contribution >= 4 is 0 Å². The van der Waals surface area contributed by atoms with Crippen LogP contribution in [0.25, 0.3) is 0 Å². The molecule has 1 aliphatic rings. The van der Waals surface area contributed by atoms with Gasteiger partial charge in [-0.1, -0.05) is 6.08 Å². The third kappa shape index (κ3) is 0.829. The second-order valence-electron chi connectivity index (χ2n) is 1.46. The predicted octanol–water partition coefficient (Wildman–Crippen LogP) is 0.956. The molecule has 0 aromatic carbocycles. The van der Waals surface area contributed by atoms with Crippen LogP contribution in [0.1, 0.15) is 6.42 Å². The van der Waals surface area contributed by atoms with Gasteiger partial charge in [-0.25, -0.2) is 0 Å². The minimum Gasteiger partial charge on any atom is -0.346 e. The average Bonchev–Trinajstić information content (AvgIpc) is 2.14. The van der Waals surface area contributed by atoms with E-state index in [0.29, 0.717) is 0 Å². The van der Waals surface area contributed by atoms with Gasteiger partial charge < -0.3 is 4.90 Å². The van der Waals surface area contributed by atoms with Crippen molar-refractivity contribution in [1.29, 1.82) is 0 Å². The van der Waals surface area contributed by atoms with Crippen LogP contribution < -0.4 is 0 Å². The Morgan fingerprint density at radius 1 is 1.86 bits per heavy atom. The molecular formula is C6H7N. The van der Waals surface area contributed by atoms with Crippen LogP contribution in [0.3, 0.4) is 0 Å². The first-order chi connectivity index (χ1) is 3.43. The van der Waals surface area contributed by atoms with Gasteiger partial charge >= 0.3 is 0 Å². The summed E-state index contributed by atoms with van der Waals surface area (Å²) >= 11 is 0. The molecule has 0 spiro atoms. The van der Waals surface area contributed by atoms with E-state index in [1.165, 1.54) is 6.20 Å². The molecule has 1 rings (SSSR count). The van der Waals surface area contributed by atoms with Crippen molar-refractivity contribution in [1.82, 2.24) is 4.90 Å². The Bertz CT molecular complexity index is 94.4. The summed E-state index contributed by atoms with van der Waals surface area (Å²) in [5, 5.41) is 0. The lowest BCUT2D eigenvalue weighted by Crippen LogP contribution is -2.03. The Morgan fingerprint density at radius 3 is 3.00 bits per heavy atom. The van der Waals surface area contributed by atoms with Crippen molar-refractivity contribution in [3.63, 3.8) is 0 Å². The van der Waals surface area contributed by atoms with Gasteiger partial charge in [0.25, 0.3) is 0 Å². The van der Waals surface area contributed by atoms with Crippen LogP contribution in [0.2, 0.25) is 0 Å². The second kappa shape index (κ2) is 1.82. The van der Waals surface area contributed by atoms with Gasteiger partial charge in [0.2, 0.25) is 0 Å². The number of rotatable bonds is 1. The van der Waals surface area contributed by atoms with Gasteiger partial charge in [-0.2, -0.15) is 0 Å². The van der Waals surface area contributed by atoms with E-state index in [0.717, 1.165) is 13.0 Å². The Labute approximate surface area is 43.9 Å². The van der Waals surface area contributed by atoms with Crippen LogP contribution in [-0.2, 0) is 0 Å². The fraction of sp³-hybridized carbons (Fsp3) is 0.333. The SMILES string of the molecule is [CH]=CN1[C]=CCC1. The molecule has 1 heterocycles. The summed E-state index contributed by atoms with van der Waals surface area (Å²) < 4.78 is 0. The fourth-order valence-corrected chi connectivity index (χ4v) is 0.568.